The minimum absolute atomic E-state index is 0.130. The first-order chi connectivity index (χ1) is 20.3. The van der Waals surface area contributed by atoms with Gasteiger partial charge in [-0.3, -0.25) is 9.59 Å². The summed E-state index contributed by atoms with van der Waals surface area (Å²) in [5.74, 6) is -0.0219. The van der Waals surface area contributed by atoms with Crippen LogP contribution in [0.4, 0.5) is 0 Å². The van der Waals surface area contributed by atoms with Crippen molar-refractivity contribution in [3.63, 3.8) is 0 Å². The molecule has 2 amide bonds. The highest BCUT2D eigenvalue weighted by Gasteiger charge is 2.23. The van der Waals surface area contributed by atoms with E-state index in [9.17, 15) is 14.9 Å². The lowest BCUT2D eigenvalue weighted by atomic mass is 9.99. The summed E-state index contributed by atoms with van der Waals surface area (Å²) in [4.78, 5) is 31.7. The van der Waals surface area contributed by atoms with Crippen molar-refractivity contribution in [3.8, 4) is 22.9 Å². The van der Waals surface area contributed by atoms with Crippen LogP contribution in [-0.2, 0) is 11.2 Å². The molecule has 1 fully saturated rings. The van der Waals surface area contributed by atoms with Gasteiger partial charge in [-0.2, -0.15) is 5.26 Å². The van der Waals surface area contributed by atoms with E-state index in [-0.39, 0.29) is 24.3 Å². The van der Waals surface area contributed by atoms with Crippen molar-refractivity contribution >= 4 is 34.3 Å². The molecule has 1 aliphatic heterocycles. The zero-order chi connectivity index (χ0) is 29.6. The van der Waals surface area contributed by atoms with Gasteiger partial charge in [-0.1, -0.05) is 41.9 Å². The van der Waals surface area contributed by atoms with Crippen molar-refractivity contribution in [3.05, 3.63) is 88.6 Å². The third-order valence-electron chi connectivity index (χ3n) is 7.23. The number of nitriles is 1. The van der Waals surface area contributed by atoms with Crippen molar-refractivity contribution in [2.24, 2.45) is 0 Å². The van der Waals surface area contributed by atoms with Gasteiger partial charge in [-0.15, -0.1) is 0 Å². The van der Waals surface area contributed by atoms with Crippen LogP contribution in [0.3, 0.4) is 0 Å². The number of hydrogen-bond donors (Lipinski definition) is 2. The monoisotopic (exact) mass is 584 g/mol. The van der Waals surface area contributed by atoms with Gasteiger partial charge in [0.15, 0.2) is 0 Å². The lowest BCUT2D eigenvalue weighted by molar-refractivity contribution is 0.0303. The maximum Gasteiger partial charge on any atom is 0.255 e. The number of halogens is 1. The molecule has 1 aromatic heterocycles. The molecule has 5 rings (SSSR count). The second kappa shape index (κ2) is 13.1. The number of nitrogens with one attached hydrogen (secondary N) is 2. The minimum atomic E-state index is -0.405. The number of para-hydroxylation sites is 1. The standard InChI is InChI=1S/C33H33ClN4O4/c1-21(2)42-31-10-8-22(23-7-9-27(29(34)19-23)33(40)38-13-15-41-16-14-38)18-28(31)32(39)37-25(11-12-35)17-24-20-36-30-6-4-3-5-26(24)30/h3-10,18-21,25,36H,11,13-17H2,1-2H3,(H,37,39). The smallest absolute Gasteiger partial charge is 0.255 e. The summed E-state index contributed by atoms with van der Waals surface area (Å²) in [6.45, 7) is 5.87. The third kappa shape index (κ3) is 6.59. The summed E-state index contributed by atoms with van der Waals surface area (Å²) in [6.07, 6.45) is 2.42. The SMILES string of the molecule is CC(C)Oc1ccc(-c2ccc(C(=O)N3CCOCC3)c(Cl)c2)cc1C(=O)NC(CC#N)Cc1c[nH]c2ccccc12. The fourth-order valence-corrected chi connectivity index (χ4v) is 5.42. The van der Waals surface area contributed by atoms with Gasteiger partial charge in [0, 0.05) is 36.2 Å². The Morgan fingerprint density at radius 2 is 1.81 bits per heavy atom. The fraction of sp³-hybridized carbons (Fsp3) is 0.303. The Morgan fingerprint density at radius 1 is 1.07 bits per heavy atom. The summed E-state index contributed by atoms with van der Waals surface area (Å²) in [6, 6.07) is 20.4. The maximum absolute atomic E-state index is 13.7. The topological polar surface area (TPSA) is 107 Å². The zero-order valence-electron chi connectivity index (χ0n) is 23.7. The van der Waals surface area contributed by atoms with Crippen LogP contribution in [0.2, 0.25) is 5.02 Å². The molecule has 2 N–H and O–H groups in total. The highest BCUT2D eigenvalue weighted by atomic mass is 35.5. The molecule has 3 aromatic carbocycles. The number of ether oxygens (including phenoxy) is 2. The first-order valence-corrected chi connectivity index (χ1v) is 14.4. The molecule has 0 spiro atoms. The quantitative estimate of drug-likeness (QED) is 0.251. The van der Waals surface area contributed by atoms with Gasteiger partial charge >= 0.3 is 0 Å². The summed E-state index contributed by atoms with van der Waals surface area (Å²) in [5, 5.41) is 14.0. The average molecular weight is 585 g/mol. The molecule has 1 unspecified atom stereocenters. The maximum atomic E-state index is 13.7. The highest BCUT2D eigenvalue weighted by molar-refractivity contribution is 6.34. The average Bonchev–Trinajstić information content (AvgIpc) is 3.40. The van der Waals surface area contributed by atoms with E-state index in [2.05, 4.69) is 16.4 Å². The second-order valence-electron chi connectivity index (χ2n) is 10.6. The predicted octanol–water partition coefficient (Wildman–Crippen LogP) is 6.00. The normalized spacial score (nSPS) is 14.0. The van der Waals surface area contributed by atoms with Gasteiger partial charge in [0.05, 0.1) is 48.0 Å². The molecule has 216 valence electrons. The Bertz CT molecular complexity index is 1630. The number of rotatable bonds is 9. The summed E-state index contributed by atoms with van der Waals surface area (Å²) < 4.78 is 11.3. The van der Waals surface area contributed by atoms with Crippen molar-refractivity contribution in [1.82, 2.24) is 15.2 Å². The van der Waals surface area contributed by atoms with E-state index in [0.717, 1.165) is 27.6 Å². The number of benzene rings is 3. The Labute approximate surface area is 250 Å². The van der Waals surface area contributed by atoms with Crippen LogP contribution in [0.1, 0.15) is 46.5 Å². The molecule has 0 aliphatic carbocycles. The molecule has 8 nitrogen and oxygen atoms in total. The Hall–Kier alpha value is -4.32. The van der Waals surface area contributed by atoms with Crippen LogP contribution in [-0.4, -0.2) is 60.1 Å². The molecular formula is C33H33ClN4O4. The van der Waals surface area contributed by atoms with Crippen molar-refractivity contribution < 1.29 is 19.1 Å². The lowest BCUT2D eigenvalue weighted by Crippen LogP contribution is -2.40. The number of fused-ring (bicyclic) bond motifs is 1. The van der Waals surface area contributed by atoms with Gasteiger partial charge in [0.25, 0.3) is 11.8 Å². The molecule has 0 bridgehead atoms. The Kier molecular flexibility index (Phi) is 9.11. The van der Waals surface area contributed by atoms with E-state index in [1.165, 1.54) is 0 Å². The van der Waals surface area contributed by atoms with Gasteiger partial charge in [-0.05, 0) is 67.3 Å². The molecule has 4 aromatic rings. The molecule has 1 atom stereocenters. The molecule has 0 radical (unpaired) electrons. The first kappa shape index (κ1) is 29.2. The van der Waals surface area contributed by atoms with Crippen LogP contribution in [0.25, 0.3) is 22.0 Å². The van der Waals surface area contributed by atoms with E-state index in [1.54, 1.807) is 29.2 Å². The molecule has 1 aliphatic rings. The number of hydrogen-bond acceptors (Lipinski definition) is 5. The molecular weight excluding hydrogens is 552 g/mol. The van der Waals surface area contributed by atoms with Crippen molar-refractivity contribution in [2.75, 3.05) is 26.3 Å². The molecule has 9 heteroatoms. The number of nitrogens with zero attached hydrogens (tertiary/aromatic N) is 2. The van der Waals surface area contributed by atoms with Crippen LogP contribution < -0.4 is 10.1 Å². The molecule has 1 saturated heterocycles. The first-order valence-electron chi connectivity index (χ1n) is 14.0. The highest BCUT2D eigenvalue weighted by Crippen LogP contribution is 2.31. The van der Waals surface area contributed by atoms with Crippen LogP contribution >= 0.6 is 11.6 Å². The van der Waals surface area contributed by atoms with Gasteiger partial charge < -0.3 is 24.7 Å². The number of morpholine rings is 1. The fourth-order valence-electron chi connectivity index (χ4n) is 5.16. The molecule has 42 heavy (non-hydrogen) atoms. The number of H-pyrrole nitrogens is 1. The van der Waals surface area contributed by atoms with Gasteiger partial charge in [-0.25, -0.2) is 0 Å². The van der Waals surface area contributed by atoms with Crippen molar-refractivity contribution in [1.29, 1.82) is 5.26 Å². The van der Waals surface area contributed by atoms with Crippen molar-refractivity contribution in [2.45, 2.75) is 38.8 Å². The summed E-state index contributed by atoms with van der Waals surface area (Å²) >= 11 is 6.59. The van der Waals surface area contributed by atoms with E-state index in [1.807, 2.05) is 56.4 Å². The van der Waals surface area contributed by atoms with E-state index in [0.29, 0.717) is 54.6 Å². The number of aromatic amines is 1. The van der Waals surface area contributed by atoms with E-state index < -0.39 is 6.04 Å². The lowest BCUT2D eigenvalue weighted by Gasteiger charge is -2.27. The Morgan fingerprint density at radius 3 is 2.55 bits per heavy atom. The van der Waals surface area contributed by atoms with Gasteiger partial charge in [0.1, 0.15) is 5.75 Å². The third-order valence-corrected chi connectivity index (χ3v) is 7.54. The second-order valence-corrected chi connectivity index (χ2v) is 11.0. The van der Waals surface area contributed by atoms with E-state index in [4.69, 9.17) is 21.1 Å². The number of carbonyl (C=O) groups excluding carboxylic acids is 2. The zero-order valence-corrected chi connectivity index (χ0v) is 24.4. The van der Waals surface area contributed by atoms with Crippen LogP contribution in [0.5, 0.6) is 5.75 Å². The number of carbonyl (C=O) groups is 2. The summed E-state index contributed by atoms with van der Waals surface area (Å²) in [5.41, 5.74) is 4.32. The van der Waals surface area contributed by atoms with Gasteiger partial charge in [0.2, 0.25) is 0 Å². The van der Waals surface area contributed by atoms with Crippen LogP contribution in [0.15, 0.2) is 66.9 Å². The molecule has 0 saturated carbocycles. The largest absolute Gasteiger partial charge is 0.490 e. The minimum Gasteiger partial charge on any atom is -0.490 e. The predicted molar refractivity (Wildman–Crippen MR) is 163 cm³/mol. The Balaban J connectivity index is 1.41. The number of amides is 2. The number of aromatic nitrogens is 1. The van der Waals surface area contributed by atoms with E-state index >= 15 is 0 Å². The van der Waals surface area contributed by atoms with Crippen LogP contribution in [0, 0.1) is 11.3 Å². The summed E-state index contributed by atoms with van der Waals surface area (Å²) in [7, 11) is 0. The molecule has 2 heterocycles.